The zero-order valence-corrected chi connectivity index (χ0v) is 11.5. The Kier molecular flexibility index (Phi) is 4.99. The van der Waals surface area contributed by atoms with Crippen LogP contribution in [-0.2, 0) is 14.9 Å². The molecule has 0 bridgehead atoms. The molecule has 0 aliphatic rings. The maximum Gasteiger partial charge on any atom is 0.410 e. The first-order chi connectivity index (χ1) is 9.95. The van der Waals surface area contributed by atoms with Gasteiger partial charge in [0.15, 0.2) is 0 Å². The van der Waals surface area contributed by atoms with Gasteiger partial charge in [0.1, 0.15) is 12.4 Å². The quantitative estimate of drug-likeness (QED) is 0.625. The van der Waals surface area contributed by atoms with E-state index in [2.05, 4.69) is 4.74 Å². The van der Waals surface area contributed by atoms with Crippen LogP contribution in [0.2, 0.25) is 0 Å². The SMILES string of the molecule is COc1ccc(C(COC(C)=O)(C(F)(F)F)C(F)(F)F)cc1. The Labute approximate surface area is 121 Å². The lowest BCUT2D eigenvalue weighted by Gasteiger charge is -2.37. The molecule has 0 spiro atoms. The summed E-state index contributed by atoms with van der Waals surface area (Å²) in [6, 6.07) is 3.22. The zero-order chi connectivity index (χ0) is 17.2. The van der Waals surface area contributed by atoms with Crippen LogP contribution in [0.1, 0.15) is 12.5 Å². The van der Waals surface area contributed by atoms with Gasteiger partial charge < -0.3 is 9.47 Å². The third-order valence-electron chi connectivity index (χ3n) is 3.04. The molecule has 1 aromatic carbocycles. The van der Waals surface area contributed by atoms with Crippen molar-refractivity contribution in [3.8, 4) is 5.75 Å². The Morgan fingerprint density at radius 1 is 1.00 bits per heavy atom. The maximum atomic E-state index is 13.2. The molecular weight excluding hydrogens is 318 g/mol. The van der Waals surface area contributed by atoms with Crippen molar-refractivity contribution < 1.29 is 40.6 Å². The van der Waals surface area contributed by atoms with E-state index in [0.29, 0.717) is 12.1 Å². The monoisotopic (exact) mass is 330 g/mol. The maximum absolute atomic E-state index is 13.2. The Morgan fingerprint density at radius 2 is 1.45 bits per heavy atom. The highest BCUT2D eigenvalue weighted by molar-refractivity contribution is 5.66. The van der Waals surface area contributed by atoms with Gasteiger partial charge >= 0.3 is 18.3 Å². The van der Waals surface area contributed by atoms with Crippen LogP contribution in [0.15, 0.2) is 24.3 Å². The second-order valence-corrected chi connectivity index (χ2v) is 4.41. The van der Waals surface area contributed by atoms with Crippen molar-refractivity contribution in [2.75, 3.05) is 13.7 Å². The lowest BCUT2D eigenvalue weighted by molar-refractivity contribution is -0.312. The molecule has 0 unspecified atom stereocenters. The van der Waals surface area contributed by atoms with Crippen molar-refractivity contribution in [2.45, 2.75) is 24.7 Å². The highest BCUT2D eigenvalue weighted by Gasteiger charge is 2.72. The van der Waals surface area contributed by atoms with Crippen molar-refractivity contribution in [3.63, 3.8) is 0 Å². The summed E-state index contributed by atoms with van der Waals surface area (Å²) in [5.41, 5.74) is -5.40. The van der Waals surface area contributed by atoms with E-state index >= 15 is 0 Å². The van der Waals surface area contributed by atoms with Crippen LogP contribution >= 0.6 is 0 Å². The van der Waals surface area contributed by atoms with Crippen LogP contribution in [0, 0.1) is 0 Å². The van der Waals surface area contributed by atoms with E-state index in [9.17, 15) is 31.1 Å². The number of methoxy groups -OCH3 is 1. The Hall–Kier alpha value is -1.93. The molecular formula is C13H12F6O3. The number of benzene rings is 1. The van der Waals surface area contributed by atoms with Crippen LogP contribution in [0.4, 0.5) is 26.3 Å². The molecule has 0 heterocycles. The first-order valence-corrected chi connectivity index (χ1v) is 5.87. The molecule has 0 amide bonds. The number of rotatable bonds is 4. The molecule has 0 saturated carbocycles. The van der Waals surface area contributed by atoms with E-state index < -0.39 is 35.9 Å². The lowest BCUT2D eigenvalue weighted by Crippen LogP contribution is -2.57. The Bertz CT molecular complexity index is 504. The normalized spacial score (nSPS) is 12.9. The molecule has 0 atom stereocenters. The second-order valence-electron chi connectivity index (χ2n) is 4.41. The number of carbonyl (C=O) groups is 1. The number of ether oxygens (including phenoxy) is 2. The Morgan fingerprint density at radius 3 is 1.77 bits per heavy atom. The van der Waals surface area contributed by atoms with E-state index in [1.54, 1.807) is 0 Å². The summed E-state index contributed by atoms with van der Waals surface area (Å²) in [5.74, 6) is -1.15. The van der Waals surface area contributed by atoms with Crippen molar-refractivity contribution in [1.29, 1.82) is 0 Å². The van der Waals surface area contributed by atoms with Crippen molar-refractivity contribution >= 4 is 5.97 Å². The molecule has 9 heteroatoms. The molecule has 0 aliphatic heterocycles. The first-order valence-electron chi connectivity index (χ1n) is 5.87. The third-order valence-corrected chi connectivity index (χ3v) is 3.04. The molecule has 1 rings (SSSR count). The van der Waals surface area contributed by atoms with Crippen molar-refractivity contribution in [3.05, 3.63) is 29.8 Å². The summed E-state index contributed by atoms with van der Waals surface area (Å²) in [6.07, 6.45) is -11.4. The van der Waals surface area contributed by atoms with Crippen LogP contribution in [0.3, 0.4) is 0 Å². The van der Waals surface area contributed by atoms with Crippen LogP contribution in [0.25, 0.3) is 0 Å². The number of halogens is 6. The van der Waals surface area contributed by atoms with Gasteiger partial charge in [-0.15, -0.1) is 0 Å². The zero-order valence-electron chi connectivity index (χ0n) is 11.5. The van der Waals surface area contributed by atoms with E-state index in [1.807, 2.05) is 0 Å². The minimum Gasteiger partial charge on any atom is -0.497 e. The summed E-state index contributed by atoms with van der Waals surface area (Å²) in [6.45, 7) is -1.16. The van der Waals surface area contributed by atoms with E-state index in [1.165, 1.54) is 7.11 Å². The van der Waals surface area contributed by atoms with Crippen LogP contribution < -0.4 is 4.74 Å². The summed E-state index contributed by atoms with van der Waals surface area (Å²) in [5, 5.41) is 0. The summed E-state index contributed by atoms with van der Waals surface area (Å²) < 4.78 is 88.2. The number of carbonyl (C=O) groups excluding carboxylic acids is 1. The minimum absolute atomic E-state index is 0.0921. The summed E-state index contributed by atoms with van der Waals surface area (Å²) in [7, 11) is 1.22. The number of alkyl halides is 6. The van der Waals surface area contributed by atoms with Gasteiger partial charge in [0, 0.05) is 6.92 Å². The molecule has 0 fully saturated rings. The fourth-order valence-corrected chi connectivity index (χ4v) is 1.82. The molecule has 0 aromatic heterocycles. The standard InChI is InChI=1S/C13H12F6O3/c1-8(20)22-7-11(12(14,15)16,13(17,18)19)9-3-5-10(21-2)6-4-9/h3-6H,7H2,1-2H3. The van der Waals surface area contributed by atoms with Gasteiger partial charge in [-0.3, -0.25) is 4.79 Å². The predicted molar refractivity (Wildman–Crippen MR) is 63.4 cm³/mol. The van der Waals surface area contributed by atoms with Crippen molar-refractivity contribution in [2.24, 2.45) is 0 Å². The minimum atomic E-state index is -5.71. The van der Waals surface area contributed by atoms with Gasteiger partial charge in [0.2, 0.25) is 5.41 Å². The highest BCUT2D eigenvalue weighted by Crippen LogP contribution is 2.52. The largest absolute Gasteiger partial charge is 0.497 e. The number of esters is 1. The van der Waals surface area contributed by atoms with Gasteiger partial charge in [0.05, 0.1) is 7.11 Å². The first kappa shape index (κ1) is 18.1. The van der Waals surface area contributed by atoms with E-state index in [4.69, 9.17) is 4.74 Å². The fraction of sp³-hybridized carbons (Fsp3) is 0.462. The number of hydrogen-bond acceptors (Lipinski definition) is 3. The molecule has 124 valence electrons. The predicted octanol–water partition coefficient (Wildman–Crippen LogP) is 3.62. The molecule has 0 aliphatic carbocycles. The van der Waals surface area contributed by atoms with Gasteiger partial charge in [-0.05, 0) is 17.7 Å². The fourth-order valence-electron chi connectivity index (χ4n) is 1.82. The van der Waals surface area contributed by atoms with Gasteiger partial charge in [0.25, 0.3) is 0 Å². The Balaban J connectivity index is 3.49. The molecule has 1 aromatic rings. The summed E-state index contributed by atoms with van der Waals surface area (Å²) in [4.78, 5) is 10.7. The summed E-state index contributed by atoms with van der Waals surface area (Å²) >= 11 is 0. The second kappa shape index (κ2) is 6.05. The molecule has 22 heavy (non-hydrogen) atoms. The van der Waals surface area contributed by atoms with E-state index in [0.717, 1.165) is 19.1 Å². The van der Waals surface area contributed by atoms with Gasteiger partial charge in [-0.2, -0.15) is 26.3 Å². The molecule has 0 saturated heterocycles. The molecule has 3 nitrogen and oxygen atoms in total. The van der Waals surface area contributed by atoms with Gasteiger partial charge in [-0.1, -0.05) is 12.1 Å². The topological polar surface area (TPSA) is 35.5 Å². The van der Waals surface area contributed by atoms with Crippen molar-refractivity contribution in [1.82, 2.24) is 0 Å². The molecule has 0 radical (unpaired) electrons. The van der Waals surface area contributed by atoms with Crippen LogP contribution in [-0.4, -0.2) is 32.0 Å². The van der Waals surface area contributed by atoms with Gasteiger partial charge in [-0.25, -0.2) is 0 Å². The average molecular weight is 330 g/mol. The average Bonchev–Trinajstić information content (AvgIpc) is 2.36. The number of hydrogen-bond donors (Lipinski definition) is 0. The molecule has 0 N–H and O–H groups in total. The smallest absolute Gasteiger partial charge is 0.410 e. The third kappa shape index (κ3) is 3.28. The highest BCUT2D eigenvalue weighted by atomic mass is 19.4. The lowest BCUT2D eigenvalue weighted by atomic mass is 9.79. The van der Waals surface area contributed by atoms with Crippen LogP contribution in [0.5, 0.6) is 5.75 Å². The van der Waals surface area contributed by atoms with E-state index in [-0.39, 0.29) is 5.75 Å².